The van der Waals surface area contributed by atoms with Gasteiger partial charge in [-0.05, 0) is 55.7 Å². The normalized spacial score (nSPS) is 15.6. The average molecular weight is 739 g/mol. The Balaban J connectivity index is 1.47. The second-order valence-electron chi connectivity index (χ2n) is 11.9. The highest BCUT2D eigenvalue weighted by molar-refractivity contribution is 7.89. The molecule has 0 radical (unpaired) electrons. The third kappa shape index (κ3) is 8.71. The minimum atomic E-state index is -4.91. The van der Waals surface area contributed by atoms with Crippen LogP contribution in [0.2, 0.25) is 5.02 Å². The molecule has 1 aliphatic heterocycles. The molecule has 1 fully saturated rings. The summed E-state index contributed by atoms with van der Waals surface area (Å²) in [4.78, 5) is 33.1. The molecule has 0 aromatic heterocycles. The Labute approximate surface area is 291 Å². The smallest absolute Gasteiger partial charge is 0.497 e. The monoisotopic (exact) mass is 738 g/mol. The van der Waals surface area contributed by atoms with Crippen LogP contribution in [0, 0.1) is 0 Å². The number of alkyl halides is 3. The third-order valence-electron chi connectivity index (χ3n) is 8.19. The SMILES string of the molecule is COc1cc(NC(C(=O)N2CC3(CC3)c3ccc(OC(F)(F)F)cc32)c2ccc(Cl)cc2OC)cc(/C(C)=N/OCCC(=O)NS(C)(=O)=O)c1. The van der Waals surface area contributed by atoms with Gasteiger partial charge < -0.3 is 29.3 Å². The van der Waals surface area contributed by atoms with Crippen LogP contribution in [-0.4, -0.2) is 65.9 Å². The van der Waals surface area contributed by atoms with Crippen molar-refractivity contribution in [3.05, 3.63) is 76.3 Å². The second-order valence-corrected chi connectivity index (χ2v) is 14.1. The molecule has 1 unspecified atom stereocenters. The molecule has 3 aromatic rings. The van der Waals surface area contributed by atoms with Crippen molar-refractivity contribution in [3.8, 4) is 17.2 Å². The molecule has 0 bridgehead atoms. The van der Waals surface area contributed by atoms with Crippen LogP contribution >= 0.6 is 11.6 Å². The topological polar surface area (TPSA) is 145 Å². The first-order valence-corrected chi connectivity index (χ1v) is 17.5. The van der Waals surface area contributed by atoms with Crippen LogP contribution in [0.5, 0.6) is 17.2 Å². The van der Waals surface area contributed by atoms with Crippen LogP contribution in [0.15, 0.2) is 59.8 Å². The summed E-state index contributed by atoms with van der Waals surface area (Å²) in [7, 11) is -0.828. The van der Waals surface area contributed by atoms with Crippen molar-refractivity contribution in [3.63, 3.8) is 0 Å². The van der Waals surface area contributed by atoms with Crippen molar-refractivity contribution in [2.24, 2.45) is 5.16 Å². The van der Waals surface area contributed by atoms with E-state index in [0.29, 0.717) is 44.7 Å². The lowest BCUT2D eigenvalue weighted by Gasteiger charge is -2.28. The maximum absolute atomic E-state index is 14.6. The van der Waals surface area contributed by atoms with Crippen LogP contribution in [0.4, 0.5) is 24.5 Å². The number of rotatable bonds is 13. The minimum Gasteiger partial charge on any atom is -0.497 e. The van der Waals surface area contributed by atoms with E-state index in [4.69, 9.17) is 25.9 Å². The van der Waals surface area contributed by atoms with E-state index in [0.717, 1.165) is 24.7 Å². The molecule has 1 atom stereocenters. The highest BCUT2D eigenvalue weighted by Crippen LogP contribution is 2.57. The molecule has 3 aromatic carbocycles. The number of fused-ring (bicyclic) bond motifs is 2. The Morgan fingerprint density at radius 1 is 1.04 bits per heavy atom. The zero-order valence-electron chi connectivity index (χ0n) is 27.4. The largest absolute Gasteiger partial charge is 0.573 e. The zero-order chi connectivity index (χ0) is 36.4. The number of hydrogen-bond acceptors (Lipinski definition) is 10. The predicted octanol–water partition coefficient (Wildman–Crippen LogP) is 5.69. The summed E-state index contributed by atoms with van der Waals surface area (Å²) < 4.78 is 79.1. The highest BCUT2D eigenvalue weighted by Gasteiger charge is 2.54. The number of methoxy groups -OCH3 is 2. The number of amides is 2. The first-order chi connectivity index (χ1) is 23.5. The molecule has 2 amide bonds. The highest BCUT2D eigenvalue weighted by atomic mass is 35.5. The lowest BCUT2D eigenvalue weighted by atomic mass is 9.99. The van der Waals surface area contributed by atoms with Gasteiger partial charge >= 0.3 is 6.36 Å². The minimum absolute atomic E-state index is 0.199. The number of hydrogen-bond donors (Lipinski definition) is 2. The van der Waals surface area contributed by atoms with Gasteiger partial charge in [0.05, 0.1) is 38.3 Å². The van der Waals surface area contributed by atoms with E-state index in [1.165, 1.54) is 31.3 Å². The molecule has 2 aliphatic rings. The number of nitrogens with zero attached hydrogens (tertiary/aromatic N) is 2. The van der Waals surface area contributed by atoms with Gasteiger partial charge in [-0.25, -0.2) is 8.42 Å². The lowest BCUT2D eigenvalue weighted by Crippen LogP contribution is -2.38. The van der Waals surface area contributed by atoms with Gasteiger partial charge in [0.25, 0.3) is 5.91 Å². The first-order valence-electron chi connectivity index (χ1n) is 15.2. The van der Waals surface area contributed by atoms with Crippen molar-refractivity contribution in [1.29, 1.82) is 0 Å². The molecule has 0 saturated heterocycles. The number of carbonyl (C=O) groups excluding carboxylic acids is 2. The van der Waals surface area contributed by atoms with Crippen molar-refractivity contribution in [2.75, 3.05) is 43.8 Å². The number of halogens is 4. The maximum Gasteiger partial charge on any atom is 0.573 e. The standard InChI is InChI=1S/C33H34ClF3N4O8S/c1-19(39-48-12-9-29(42)40-50(4,44)45)20-13-22(16-24(14-20)46-2)38-30(25-7-5-21(34)15-28(25)47-3)31(43)41-18-32(10-11-32)26-8-6-23(17-27(26)41)49-33(35,36)37/h5-8,13-17,30,38H,9-12,18H2,1-4H3,(H,40,42)/b39-19+. The number of carbonyl (C=O) groups is 2. The fraction of sp³-hybridized carbons (Fsp3) is 0.364. The number of sulfonamides is 1. The van der Waals surface area contributed by atoms with E-state index >= 15 is 0 Å². The van der Waals surface area contributed by atoms with Crippen molar-refractivity contribution in [1.82, 2.24) is 4.72 Å². The number of benzene rings is 3. The number of oxime groups is 1. The summed E-state index contributed by atoms with van der Waals surface area (Å²) in [6, 6.07) is 12.7. The maximum atomic E-state index is 14.6. The van der Waals surface area contributed by atoms with E-state index < -0.39 is 40.0 Å². The predicted molar refractivity (Wildman–Crippen MR) is 180 cm³/mol. The van der Waals surface area contributed by atoms with E-state index in [-0.39, 0.29) is 25.0 Å². The summed E-state index contributed by atoms with van der Waals surface area (Å²) in [5, 5.41) is 7.66. The molecule has 1 aliphatic carbocycles. The van der Waals surface area contributed by atoms with Crippen LogP contribution in [-0.2, 0) is 29.9 Å². The van der Waals surface area contributed by atoms with Gasteiger partial charge in [0.2, 0.25) is 15.9 Å². The molecule has 268 valence electrons. The van der Waals surface area contributed by atoms with Gasteiger partial charge in [-0.3, -0.25) is 14.3 Å². The van der Waals surface area contributed by atoms with Crippen LogP contribution < -0.4 is 29.1 Å². The molecular formula is C33H34ClF3N4O8S. The summed E-state index contributed by atoms with van der Waals surface area (Å²) >= 11 is 6.25. The molecule has 12 nitrogen and oxygen atoms in total. The molecule has 17 heteroatoms. The fourth-order valence-corrected chi connectivity index (χ4v) is 6.42. The molecule has 50 heavy (non-hydrogen) atoms. The van der Waals surface area contributed by atoms with E-state index in [1.54, 1.807) is 49.4 Å². The first kappa shape index (κ1) is 36.6. The fourth-order valence-electron chi connectivity index (χ4n) is 5.75. The molecule has 5 rings (SSSR count). The molecular weight excluding hydrogens is 705 g/mol. The van der Waals surface area contributed by atoms with Crippen molar-refractivity contribution in [2.45, 2.75) is 44.0 Å². The van der Waals surface area contributed by atoms with Crippen LogP contribution in [0.1, 0.15) is 48.9 Å². The molecule has 2 N–H and O–H groups in total. The number of ether oxygens (including phenoxy) is 3. The third-order valence-corrected chi connectivity index (χ3v) is 9.02. The van der Waals surface area contributed by atoms with E-state index in [9.17, 15) is 31.2 Å². The summed E-state index contributed by atoms with van der Waals surface area (Å²) in [6.07, 6.45) is -2.77. The van der Waals surface area contributed by atoms with Gasteiger partial charge in [-0.1, -0.05) is 28.9 Å². The molecule has 1 saturated carbocycles. The Bertz CT molecular complexity index is 1940. The Morgan fingerprint density at radius 2 is 1.78 bits per heavy atom. The van der Waals surface area contributed by atoms with Crippen molar-refractivity contribution < 1.29 is 50.2 Å². The van der Waals surface area contributed by atoms with Gasteiger partial charge in [0.15, 0.2) is 0 Å². The lowest BCUT2D eigenvalue weighted by molar-refractivity contribution is -0.274. The van der Waals surface area contributed by atoms with Gasteiger partial charge in [0, 0.05) is 45.9 Å². The van der Waals surface area contributed by atoms with Crippen LogP contribution in [0.3, 0.4) is 0 Å². The van der Waals surface area contributed by atoms with Crippen molar-refractivity contribution >= 4 is 50.5 Å². The van der Waals surface area contributed by atoms with Gasteiger partial charge in [-0.2, -0.15) is 0 Å². The number of anilines is 2. The average Bonchev–Trinajstić information content (AvgIpc) is 3.75. The summed E-state index contributed by atoms with van der Waals surface area (Å²) in [5.41, 5.74) is 2.43. The summed E-state index contributed by atoms with van der Waals surface area (Å²) in [6.45, 7) is 1.70. The Kier molecular flexibility index (Phi) is 10.4. The van der Waals surface area contributed by atoms with E-state index in [2.05, 4.69) is 15.2 Å². The molecule has 1 heterocycles. The zero-order valence-corrected chi connectivity index (χ0v) is 29.0. The Morgan fingerprint density at radius 3 is 2.42 bits per heavy atom. The van der Waals surface area contributed by atoms with Gasteiger partial charge in [-0.15, -0.1) is 13.2 Å². The summed E-state index contributed by atoms with van der Waals surface area (Å²) in [5.74, 6) is -0.971. The quantitative estimate of drug-likeness (QED) is 0.128. The number of nitrogens with one attached hydrogen (secondary N) is 2. The van der Waals surface area contributed by atoms with Crippen LogP contribution in [0.25, 0.3) is 0 Å². The second kappa shape index (κ2) is 14.3. The Hall–Kier alpha value is -4.70. The molecule has 1 spiro atoms. The van der Waals surface area contributed by atoms with E-state index in [1.807, 2.05) is 4.72 Å². The van der Waals surface area contributed by atoms with Gasteiger partial charge in [0.1, 0.15) is 29.9 Å².